The van der Waals surface area contributed by atoms with Gasteiger partial charge in [-0.3, -0.25) is 14.9 Å². The number of aromatic nitrogens is 1. The SMILES string of the molecule is O=C(O)CN(CCc1cn(Cc2ccccc2)c2ccccc12)S(=O)(=O)c1ccc([N+](=O)[O-])cc1. The Hall–Kier alpha value is -4.02. The highest BCUT2D eigenvalue weighted by atomic mass is 32.2. The Bertz CT molecular complexity index is 1460. The van der Waals surface area contributed by atoms with Gasteiger partial charge in [0.2, 0.25) is 10.0 Å². The number of carboxylic acid groups (broad SMARTS) is 1. The molecule has 9 nitrogen and oxygen atoms in total. The lowest BCUT2D eigenvalue weighted by Crippen LogP contribution is -2.37. The zero-order valence-corrected chi connectivity index (χ0v) is 19.5. The van der Waals surface area contributed by atoms with Crippen molar-refractivity contribution in [1.82, 2.24) is 8.87 Å². The third kappa shape index (κ3) is 5.39. The van der Waals surface area contributed by atoms with Crippen LogP contribution in [0.4, 0.5) is 5.69 Å². The summed E-state index contributed by atoms with van der Waals surface area (Å²) in [6, 6.07) is 22.1. The van der Waals surface area contributed by atoms with Crippen LogP contribution in [0.25, 0.3) is 10.9 Å². The van der Waals surface area contributed by atoms with Crippen molar-refractivity contribution in [2.24, 2.45) is 0 Å². The van der Waals surface area contributed by atoms with Crippen LogP contribution in [0.3, 0.4) is 0 Å². The van der Waals surface area contributed by atoms with E-state index in [0.717, 1.165) is 50.6 Å². The highest BCUT2D eigenvalue weighted by Crippen LogP contribution is 2.25. The number of nitrogens with zero attached hydrogens (tertiary/aromatic N) is 3. The first-order chi connectivity index (χ1) is 16.8. The molecule has 0 aliphatic heterocycles. The topological polar surface area (TPSA) is 123 Å². The average molecular weight is 494 g/mol. The Balaban J connectivity index is 1.61. The first-order valence-electron chi connectivity index (χ1n) is 10.8. The predicted molar refractivity (Wildman–Crippen MR) is 131 cm³/mol. The monoisotopic (exact) mass is 493 g/mol. The van der Waals surface area contributed by atoms with E-state index in [-0.39, 0.29) is 17.1 Å². The number of sulfonamides is 1. The number of aliphatic carboxylic acids is 1. The molecule has 0 saturated carbocycles. The Morgan fingerprint density at radius 3 is 2.29 bits per heavy atom. The fourth-order valence-corrected chi connectivity index (χ4v) is 5.39. The summed E-state index contributed by atoms with van der Waals surface area (Å²) in [6.07, 6.45) is 2.26. The third-order valence-corrected chi connectivity index (χ3v) is 7.55. The van der Waals surface area contributed by atoms with Gasteiger partial charge in [0.25, 0.3) is 5.69 Å². The van der Waals surface area contributed by atoms with E-state index in [4.69, 9.17) is 0 Å². The number of hydrogen-bond acceptors (Lipinski definition) is 5. The number of para-hydroxylation sites is 1. The fourth-order valence-electron chi connectivity index (χ4n) is 4.00. The third-order valence-electron chi connectivity index (χ3n) is 5.69. The molecule has 0 aliphatic rings. The number of carboxylic acids is 1. The molecule has 1 heterocycles. The lowest BCUT2D eigenvalue weighted by molar-refractivity contribution is -0.384. The lowest BCUT2D eigenvalue weighted by atomic mass is 10.1. The second kappa shape index (κ2) is 10.1. The molecule has 35 heavy (non-hydrogen) atoms. The summed E-state index contributed by atoms with van der Waals surface area (Å²) in [4.78, 5) is 21.5. The van der Waals surface area contributed by atoms with Gasteiger partial charge in [-0.25, -0.2) is 8.42 Å². The predicted octanol–water partition coefficient (Wildman–Crippen LogP) is 3.92. The number of hydrogen-bond donors (Lipinski definition) is 1. The van der Waals surface area contributed by atoms with Gasteiger partial charge in [-0.15, -0.1) is 0 Å². The molecule has 0 saturated heterocycles. The van der Waals surface area contributed by atoms with Crippen molar-refractivity contribution in [3.8, 4) is 0 Å². The van der Waals surface area contributed by atoms with E-state index in [2.05, 4.69) is 4.57 Å². The molecule has 180 valence electrons. The molecular formula is C25H23N3O6S. The highest BCUT2D eigenvalue weighted by Gasteiger charge is 2.27. The molecule has 1 N–H and O–H groups in total. The summed E-state index contributed by atoms with van der Waals surface area (Å²) < 4.78 is 29.3. The number of rotatable bonds is 10. The largest absolute Gasteiger partial charge is 0.480 e. The molecule has 1 aromatic heterocycles. The van der Waals surface area contributed by atoms with Crippen LogP contribution in [0, 0.1) is 10.1 Å². The maximum atomic E-state index is 13.2. The molecule has 4 rings (SSSR count). The molecule has 0 spiro atoms. The minimum Gasteiger partial charge on any atom is -0.480 e. The van der Waals surface area contributed by atoms with Gasteiger partial charge in [-0.2, -0.15) is 4.31 Å². The number of fused-ring (bicyclic) bond motifs is 1. The van der Waals surface area contributed by atoms with Crippen molar-refractivity contribution in [3.05, 3.63) is 106 Å². The molecule has 0 atom stereocenters. The van der Waals surface area contributed by atoms with Crippen molar-refractivity contribution in [1.29, 1.82) is 0 Å². The van der Waals surface area contributed by atoms with Crippen LogP contribution in [0.1, 0.15) is 11.1 Å². The van der Waals surface area contributed by atoms with Crippen LogP contribution in [0.2, 0.25) is 0 Å². The maximum absolute atomic E-state index is 13.2. The Morgan fingerprint density at radius 1 is 0.971 bits per heavy atom. The molecular weight excluding hydrogens is 470 g/mol. The van der Waals surface area contributed by atoms with Gasteiger partial charge in [0.1, 0.15) is 6.54 Å². The molecule has 3 aromatic carbocycles. The van der Waals surface area contributed by atoms with E-state index in [0.29, 0.717) is 13.0 Å². The highest BCUT2D eigenvalue weighted by molar-refractivity contribution is 7.89. The molecule has 0 amide bonds. The number of non-ortho nitro benzene ring substituents is 1. The van der Waals surface area contributed by atoms with Crippen molar-refractivity contribution >= 4 is 32.6 Å². The van der Waals surface area contributed by atoms with Crippen molar-refractivity contribution < 1.29 is 23.2 Å². The van der Waals surface area contributed by atoms with Gasteiger partial charge in [0.05, 0.1) is 9.82 Å². The van der Waals surface area contributed by atoms with E-state index < -0.39 is 27.5 Å². The van der Waals surface area contributed by atoms with Gasteiger partial charge < -0.3 is 9.67 Å². The minimum atomic E-state index is -4.18. The maximum Gasteiger partial charge on any atom is 0.318 e. The van der Waals surface area contributed by atoms with Gasteiger partial charge in [-0.1, -0.05) is 48.5 Å². The molecule has 0 unspecified atom stereocenters. The molecule has 0 aliphatic carbocycles. The first-order valence-corrected chi connectivity index (χ1v) is 12.3. The minimum absolute atomic E-state index is 0.0645. The van der Waals surface area contributed by atoms with Crippen LogP contribution in [-0.2, 0) is 27.8 Å². The molecule has 0 radical (unpaired) electrons. The lowest BCUT2D eigenvalue weighted by Gasteiger charge is -2.20. The first kappa shape index (κ1) is 24.1. The van der Waals surface area contributed by atoms with E-state index in [9.17, 15) is 28.4 Å². The summed E-state index contributed by atoms with van der Waals surface area (Å²) in [5.74, 6) is -1.29. The van der Waals surface area contributed by atoms with Crippen LogP contribution < -0.4 is 0 Å². The summed E-state index contributed by atoms with van der Waals surface area (Å²) in [7, 11) is -4.18. The van der Waals surface area contributed by atoms with Crippen molar-refractivity contribution in [2.75, 3.05) is 13.1 Å². The number of nitro groups is 1. The van der Waals surface area contributed by atoms with E-state index in [1.807, 2.05) is 60.8 Å². The molecule has 10 heteroatoms. The second-order valence-electron chi connectivity index (χ2n) is 8.02. The summed E-state index contributed by atoms with van der Waals surface area (Å²) in [6.45, 7) is -0.145. The zero-order chi connectivity index (χ0) is 25.0. The van der Waals surface area contributed by atoms with Crippen LogP contribution in [-0.4, -0.2) is 46.4 Å². The van der Waals surface area contributed by atoms with Gasteiger partial charge >= 0.3 is 5.97 Å². The average Bonchev–Trinajstić information content (AvgIpc) is 3.19. The van der Waals surface area contributed by atoms with E-state index in [1.165, 1.54) is 0 Å². The Labute approximate surface area is 202 Å². The zero-order valence-electron chi connectivity index (χ0n) is 18.6. The van der Waals surface area contributed by atoms with E-state index >= 15 is 0 Å². The Kier molecular flexibility index (Phi) is 6.94. The van der Waals surface area contributed by atoms with Crippen LogP contribution >= 0.6 is 0 Å². The van der Waals surface area contributed by atoms with Crippen molar-refractivity contribution in [2.45, 2.75) is 17.9 Å². The molecule has 4 aromatic rings. The number of benzene rings is 3. The summed E-state index contributed by atoms with van der Waals surface area (Å²) in [5, 5.41) is 21.2. The van der Waals surface area contributed by atoms with Crippen molar-refractivity contribution in [3.63, 3.8) is 0 Å². The number of nitro benzene ring substituents is 1. The standard InChI is InChI=1S/C25H23N3O6S/c29-25(30)18-27(35(33,34)22-12-10-21(11-13-22)28(31)32)15-14-20-17-26(16-19-6-2-1-3-7-19)24-9-5-4-8-23(20)24/h1-13,17H,14-16,18H2,(H,29,30). The van der Waals surface area contributed by atoms with Crippen LogP contribution in [0.15, 0.2) is 90.0 Å². The molecule has 0 fully saturated rings. The summed E-state index contributed by atoms with van der Waals surface area (Å²) in [5.41, 5.74) is 2.76. The van der Waals surface area contributed by atoms with Crippen LogP contribution in [0.5, 0.6) is 0 Å². The molecule has 0 bridgehead atoms. The second-order valence-corrected chi connectivity index (χ2v) is 9.96. The van der Waals surface area contributed by atoms with E-state index in [1.54, 1.807) is 0 Å². The quantitative estimate of drug-likeness (QED) is 0.264. The Morgan fingerprint density at radius 2 is 1.63 bits per heavy atom. The summed E-state index contributed by atoms with van der Waals surface area (Å²) >= 11 is 0. The normalized spacial score (nSPS) is 11.7. The van der Waals surface area contributed by atoms with Gasteiger partial charge in [0.15, 0.2) is 0 Å². The van der Waals surface area contributed by atoms with Gasteiger partial charge in [0, 0.05) is 42.3 Å². The number of carbonyl (C=O) groups is 1. The van der Waals surface area contributed by atoms with Gasteiger partial charge in [-0.05, 0) is 35.7 Å². The fraction of sp³-hybridized carbons (Fsp3) is 0.160. The smallest absolute Gasteiger partial charge is 0.318 e.